The number of benzene rings is 1. The van der Waals surface area contributed by atoms with Crippen LogP contribution in [0.25, 0.3) is 0 Å². The molecule has 1 heterocycles. The fourth-order valence-corrected chi connectivity index (χ4v) is 1.58. The molecular weight excluding hydrogens is 232 g/mol. The molecule has 1 aromatic heterocycles. The van der Waals surface area contributed by atoms with Crippen molar-refractivity contribution >= 4 is 11.4 Å². The lowest BCUT2D eigenvalue weighted by Crippen LogP contribution is -2.06. The Balaban J connectivity index is 1.90. The van der Waals surface area contributed by atoms with E-state index in [0.29, 0.717) is 36.1 Å². The van der Waals surface area contributed by atoms with Crippen molar-refractivity contribution in [3.05, 3.63) is 29.9 Å². The predicted octanol–water partition coefficient (Wildman–Crippen LogP) is 1.62. The standard InChI is InChI=1S/C12H16N4O2/c1-8-15-12(16-18-8)5-6-14-9-3-4-10(13)11(7-9)17-2/h3-4,7,14H,5-6,13H2,1-2H3. The molecule has 6 nitrogen and oxygen atoms in total. The number of nitrogen functional groups attached to an aromatic ring is 1. The van der Waals surface area contributed by atoms with E-state index in [0.717, 1.165) is 5.69 Å². The third-order valence-corrected chi connectivity index (χ3v) is 2.48. The summed E-state index contributed by atoms with van der Waals surface area (Å²) in [6.45, 7) is 2.49. The fourth-order valence-electron chi connectivity index (χ4n) is 1.58. The monoisotopic (exact) mass is 248 g/mol. The number of anilines is 2. The molecule has 2 rings (SSSR count). The van der Waals surface area contributed by atoms with Gasteiger partial charge in [0.1, 0.15) is 5.75 Å². The number of ether oxygens (including phenoxy) is 1. The van der Waals surface area contributed by atoms with Crippen molar-refractivity contribution in [2.45, 2.75) is 13.3 Å². The topological polar surface area (TPSA) is 86.2 Å². The van der Waals surface area contributed by atoms with Gasteiger partial charge in [0.05, 0.1) is 12.8 Å². The quantitative estimate of drug-likeness (QED) is 0.782. The maximum Gasteiger partial charge on any atom is 0.223 e. The molecule has 0 atom stereocenters. The van der Waals surface area contributed by atoms with Crippen molar-refractivity contribution in [3.63, 3.8) is 0 Å². The summed E-state index contributed by atoms with van der Waals surface area (Å²) in [6.07, 6.45) is 0.698. The zero-order valence-electron chi connectivity index (χ0n) is 10.4. The molecule has 0 spiro atoms. The second-order valence-electron chi connectivity index (χ2n) is 3.86. The Labute approximate surface area is 105 Å². The third kappa shape index (κ3) is 2.91. The molecular formula is C12H16N4O2. The largest absolute Gasteiger partial charge is 0.495 e. The van der Waals surface area contributed by atoms with Crippen LogP contribution in [0.3, 0.4) is 0 Å². The van der Waals surface area contributed by atoms with Gasteiger partial charge in [-0.05, 0) is 12.1 Å². The normalized spacial score (nSPS) is 10.3. The van der Waals surface area contributed by atoms with Crippen molar-refractivity contribution in [2.24, 2.45) is 0 Å². The van der Waals surface area contributed by atoms with E-state index in [1.807, 2.05) is 12.1 Å². The lowest BCUT2D eigenvalue weighted by Gasteiger charge is -2.08. The van der Waals surface area contributed by atoms with Crippen LogP contribution in [0.1, 0.15) is 11.7 Å². The van der Waals surface area contributed by atoms with Crippen LogP contribution in [0.15, 0.2) is 22.7 Å². The number of aryl methyl sites for hydroxylation is 1. The van der Waals surface area contributed by atoms with Crippen LogP contribution >= 0.6 is 0 Å². The predicted molar refractivity (Wildman–Crippen MR) is 68.6 cm³/mol. The number of hydrogen-bond acceptors (Lipinski definition) is 6. The molecule has 0 amide bonds. The molecule has 3 N–H and O–H groups in total. The SMILES string of the molecule is COc1cc(NCCc2noc(C)n2)ccc1N. The number of hydrogen-bond donors (Lipinski definition) is 2. The van der Waals surface area contributed by atoms with E-state index in [9.17, 15) is 0 Å². The minimum absolute atomic E-state index is 0.583. The second-order valence-corrected chi connectivity index (χ2v) is 3.86. The Hall–Kier alpha value is -2.24. The van der Waals surface area contributed by atoms with Gasteiger partial charge >= 0.3 is 0 Å². The van der Waals surface area contributed by atoms with Crippen LogP contribution in [0, 0.1) is 6.92 Å². The first-order valence-corrected chi connectivity index (χ1v) is 5.65. The average Bonchev–Trinajstić information content (AvgIpc) is 2.77. The first kappa shape index (κ1) is 12.2. The molecule has 0 unspecified atom stereocenters. The Morgan fingerprint density at radius 3 is 2.94 bits per heavy atom. The van der Waals surface area contributed by atoms with Gasteiger partial charge in [0.15, 0.2) is 5.82 Å². The van der Waals surface area contributed by atoms with Crippen LogP contribution in [0.2, 0.25) is 0 Å². The van der Waals surface area contributed by atoms with Gasteiger partial charge < -0.3 is 20.3 Å². The molecule has 18 heavy (non-hydrogen) atoms. The fraction of sp³-hybridized carbons (Fsp3) is 0.333. The number of nitrogens with one attached hydrogen (secondary N) is 1. The van der Waals surface area contributed by atoms with Crippen LogP contribution in [0.4, 0.5) is 11.4 Å². The maximum atomic E-state index is 5.74. The van der Waals surface area contributed by atoms with Gasteiger partial charge in [-0.2, -0.15) is 4.98 Å². The van der Waals surface area contributed by atoms with E-state index >= 15 is 0 Å². The lowest BCUT2D eigenvalue weighted by atomic mass is 10.2. The minimum Gasteiger partial charge on any atom is -0.495 e. The van der Waals surface area contributed by atoms with Crippen molar-refractivity contribution in [1.29, 1.82) is 0 Å². The molecule has 6 heteroatoms. The highest BCUT2D eigenvalue weighted by Gasteiger charge is 2.03. The molecule has 0 bridgehead atoms. The Bertz CT molecular complexity index is 525. The summed E-state index contributed by atoms with van der Waals surface area (Å²) >= 11 is 0. The van der Waals surface area contributed by atoms with Gasteiger partial charge in [-0.15, -0.1) is 0 Å². The van der Waals surface area contributed by atoms with E-state index in [-0.39, 0.29) is 0 Å². The highest BCUT2D eigenvalue weighted by molar-refractivity contribution is 5.61. The number of nitrogens with two attached hydrogens (primary N) is 1. The van der Waals surface area contributed by atoms with E-state index in [1.165, 1.54) is 0 Å². The molecule has 0 radical (unpaired) electrons. The van der Waals surface area contributed by atoms with Gasteiger partial charge in [-0.25, -0.2) is 0 Å². The lowest BCUT2D eigenvalue weighted by molar-refractivity contribution is 0.387. The summed E-state index contributed by atoms with van der Waals surface area (Å²) in [5.74, 6) is 1.94. The summed E-state index contributed by atoms with van der Waals surface area (Å²) in [4.78, 5) is 4.13. The Morgan fingerprint density at radius 2 is 2.28 bits per heavy atom. The molecule has 96 valence electrons. The molecule has 0 saturated heterocycles. The van der Waals surface area contributed by atoms with Gasteiger partial charge in [0, 0.05) is 31.6 Å². The van der Waals surface area contributed by atoms with Gasteiger partial charge in [-0.1, -0.05) is 5.16 Å². The van der Waals surface area contributed by atoms with Crippen LogP contribution in [-0.2, 0) is 6.42 Å². The summed E-state index contributed by atoms with van der Waals surface area (Å²) < 4.78 is 10.0. The molecule has 0 aliphatic rings. The number of aromatic nitrogens is 2. The van der Waals surface area contributed by atoms with Crippen LogP contribution in [0.5, 0.6) is 5.75 Å². The first-order chi connectivity index (χ1) is 8.69. The van der Waals surface area contributed by atoms with E-state index in [2.05, 4.69) is 15.5 Å². The van der Waals surface area contributed by atoms with E-state index in [4.69, 9.17) is 15.0 Å². The van der Waals surface area contributed by atoms with Gasteiger partial charge in [-0.3, -0.25) is 0 Å². The Kier molecular flexibility index (Phi) is 3.66. The summed E-state index contributed by atoms with van der Waals surface area (Å²) in [7, 11) is 1.59. The highest BCUT2D eigenvalue weighted by Crippen LogP contribution is 2.24. The zero-order valence-corrected chi connectivity index (χ0v) is 10.4. The minimum atomic E-state index is 0.583. The van der Waals surface area contributed by atoms with Crippen molar-refractivity contribution in [3.8, 4) is 5.75 Å². The van der Waals surface area contributed by atoms with Gasteiger partial charge in [0.25, 0.3) is 0 Å². The molecule has 0 fully saturated rings. The summed E-state index contributed by atoms with van der Waals surface area (Å²) in [6, 6.07) is 5.57. The second kappa shape index (κ2) is 5.39. The number of nitrogens with zero attached hydrogens (tertiary/aromatic N) is 2. The number of methoxy groups -OCH3 is 1. The Morgan fingerprint density at radius 1 is 1.44 bits per heavy atom. The van der Waals surface area contributed by atoms with Crippen molar-refractivity contribution in [2.75, 3.05) is 24.7 Å². The molecule has 0 aliphatic heterocycles. The third-order valence-electron chi connectivity index (χ3n) is 2.48. The molecule has 2 aromatic rings. The average molecular weight is 248 g/mol. The van der Waals surface area contributed by atoms with Crippen molar-refractivity contribution < 1.29 is 9.26 Å². The molecule has 1 aromatic carbocycles. The summed E-state index contributed by atoms with van der Waals surface area (Å²) in [5, 5.41) is 7.07. The van der Waals surface area contributed by atoms with E-state index in [1.54, 1.807) is 20.1 Å². The number of rotatable bonds is 5. The summed E-state index contributed by atoms with van der Waals surface area (Å²) in [5.41, 5.74) is 7.30. The zero-order chi connectivity index (χ0) is 13.0. The first-order valence-electron chi connectivity index (χ1n) is 5.65. The smallest absolute Gasteiger partial charge is 0.223 e. The van der Waals surface area contributed by atoms with Crippen LogP contribution < -0.4 is 15.8 Å². The molecule has 0 aliphatic carbocycles. The van der Waals surface area contributed by atoms with E-state index < -0.39 is 0 Å². The van der Waals surface area contributed by atoms with Crippen LogP contribution in [-0.4, -0.2) is 23.8 Å². The van der Waals surface area contributed by atoms with Gasteiger partial charge in [0.2, 0.25) is 5.89 Å². The highest BCUT2D eigenvalue weighted by atomic mass is 16.5. The van der Waals surface area contributed by atoms with Crippen molar-refractivity contribution in [1.82, 2.24) is 10.1 Å². The molecule has 0 saturated carbocycles. The maximum absolute atomic E-state index is 5.74.